The van der Waals surface area contributed by atoms with Crippen LogP contribution >= 0.6 is 0 Å². The summed E-state index contributed by atoms with van der Waals surface area (Å²) in [6, 6.07) is 0. The van der Waals surface area contributed by atoms with Crippen LogP contribution in [-0.2, 0) is 0 Å². The molecular formula is C40H56. The van der Waals surface area contributed by atoms with Gasteiger partial charge in [-0.25, -0.2) is 0 Å². The molecule has 0 aromatic carbocycles. The molecule has 0 radical (unpaired) electrons. The Bertz CT molecular complexity index is 1090. The van der Waals surface area contributed by atoms with E-state index in [-0.39, 0.29) is 0 Å². The van der Waals surface area contributed by atoms with E-state index in [1.54, 1.807) is 0 Å². The quantitative estimate of drug-likeness (QED) is 0.192. The van der Waals surface area contributed by atoms with Gasteiger partial charge in [-0.3, -0.25) is 0 Å². The highest BCUT2D eigenvalue weighted by molar-refractivity contribution is 5.33. The van der Waals surface area contributed by atoms with Gasteiger partial charge < -0.3 is 0 Å². The van der Waals surface area contributed by atoms with Crippen LogP contribution in [0.15, 0.2) is 131 Å². The van der Waals surface area contributed by atoms with E-state index in [0.29, 0.717) is 22.7 Å². The summed E-state index contributed by atoms with van der Waals surface area (Å²) in [7, 11) is 0. The number of hydrogen-bond acceptors (Lipinski definition) is 0. The van der Waals surface area contributed by atoms with E-state index in [0.717, 1.165) is 0 Å². The van der Waals surface area contributed by atoms with Crippen molar-refractivity contribution in [2.45, 2.75) is 94.9 Å². The molecule has 0 nitrogen and oxygen atoms in total. The topological polar surface area (TPSA) is 0 Å². The Kier molecular flexibility index (Phi) is 13.2. The zero-order chi connectivity index (χ0) is 29.8. The summed E-state index contributed by atoms with van der Waals surface area (Å²) in [4.78, 5) is 0. The standard InChI is InChI=1S/C40H56/c1-31(19-13-21-33(3)25-27-37-35(5)23-15-29-39(37,7)8)17-11-12-18-32(2)20-14-22-34(4)26-28-38-36(6)24-16-30-40(38,9)10/h11-14,17-28,37-38H,15-16,29-30H2,1-10H3/b12-11+,19-13+,20-14+,27-25+,28-26+,31-17+,32-18+,33-21+,34-22+. The van der Waals surface area contributed by atoms with Crippen LogP contribution in [0.1, 0.15) is 94.9 Å². The average Bonchev–Trinajstić information content (AvgIpc) is 2.85. The molecule has 0 aromatic rings. The van der Waals surface area contributed by atoms with Gasteiger partial charge in [-0.1, -0.05) is 158 Å². The fourth-order valence-corrected chi connectivity index (χ4v) is 5.80. The van der Waals surface area contributed by atoms with Gasteiger partial charge in [0.1, 0.15) is 0 Å². The molecule has 0 saturated heterocycles. The molecule has 2 aliphatic rings. The molecule has 2 atom stereocenters. The summed E-state index contributed by atoms with van der Waals surface area (Å²) in [5, 5.41) is 0. The van der Waals surface area contributed by atoms with Crippen molar-refractivity contribution in [1.29, 1.82) is 0 Å². The van der Waals surface area contributed by atoms with E-state index in [2.05, 4.69) is 166 Å². The smallest absolute Gasteiger partial charge is 0.00285 e. The average molecular weight is 537 g/mol. The van der Waals surface area contributed by atoms with Crippen molar-refractivity contribution >= 4 is 0 Å². The van der Waals surface area contributed by atoms with Crippen LogP contribution in [-0.4, -0.2) is 0 Å². The first-order valence-corrected chi connectivity index (χ1v) is 15.2. The van der Waals surface area contributed by atoms with Crippen LogP contribution in [0.2, 0.25) is 0 Å². The van der Waals surface area contributed by atoms with Gasteiger partial charge in [-0.2, -0.15) is 0 Å². The largest absolute Gasteiger partial charge is 0.0850 e. The predicted octanol–water partition coefficient (Wildman–Crippen LogP) is 12.3. The molecule has 2 rings (SSSR count). The van der Waals surface area contributed by atoms with E-state index in [9.17, 15) is 0 Å². The van der Waals surface area contributed by atoms with Gasteiger partial charge in [0, 0.05) is 11.8 Å². The summed E-state index contributed by atoms with van der Waals surface area (Å²) < 4.78 is 0. The summed E-state index contributed by atoms with van der Waals surface area (Å²) in [5.74, 6) is 1.06. The van der Waals surface area contributed by atoms with Crippen molar-refractivity contribution in [3.05, 3.63) is 131 Å². The van der Waals surface area contributed by atoms with Crippen molar-refractivity contribution in [2.24, 2.45) is 22.7 Å². The van der Waals surface area contributed by atoms with Crippen molar-refractivity contribution in [1.82, 2.24) is 0 Å². The maximum atomic E-state index is 2.40. The van der Waals surface area contributed by atoms with Gasteiger partial charge >= 0.3 is 0 Å². The summed E-state index contributed by atoms with van der Waals surface area (Å²) in [6.07, 6.45) is 40.6. The molecule has 2 unspecified atom stereocenters. The highest BCUT2D eigenvalue weighted by Crippen LogP contribution is 2.42. The molecule has 216 valence electrons. The third-order valence-electron chi connectivity index (χ3n) is 8.54. The second-order valence-corrected chi connectivity index (χ2v) is 13.4. The molecule has 0 N–H and O–H groups in total. The Labute approximate surface area is 247 Å². The van der Waals surface area contributed by atoms with Gasteiger partial charge in [0.15, 0.2) is 0 Å². The second-order valence-electron chi connectivity index (χ2n) is 13.4. The Morgan fingerprint density at radius 1 is 0.550 bits per heavy atom. The molecule has 0 heteroatoms. The molecule has 0 amide bonds. The second kappa shape index (κ2) is 15.8. The highest BCUT2D eigenvalue weighted by atomic mass is 14.4. The molecule has 0 aromatic heterocycles. The molecule has 0 spiro atoms. The van der Waals surface area contributed by atoms with E-state index in [4.69, 9.17) is 0 Å². The minimum atomic E-state index is 0.343. The lowest BCUT2D eigenvalue weighted by atomic mass is 9.68. The molecular weight excluding hydrogens is 480 g/mol. The maximum absolute atomic E-state index is 2.40. The van der Waals surface area contributed by atoms with Crippen molar-refractivity contribution in [2.75, 3.05) is 0 Å². The minimum Gasteiger partial charge on any atom is -0.0850 e. The summed E-state index contributed by atoms with van der Waals surface area (Å²) in [5.41, 5.74) is 8.72. The normalized spacial score (nSPS) is 25.1. The Balaban J connectivity index is 1.87. The summed E-state index contributed by atoms with van der Waals surface area (Å²) in [6.45, 7) is 22.7. The maximum Gasteiger partial charge on any atom is 0.00285 e. The SMILES string of the molecule is CC1=CCCC(C)(C)C1/C=C/C(C)=C/C=C/C(C)=C/C=C/C=C(C)/C=C/C=C(C)/C=C/C1C(C)=CCCC1(C)C. The monoisotopic (exact) mass is 536 g/mol. The third-order valence-corrected chi connectivity index (χ3v) is 8.54. The fourth-order valence-electron chi connectivity index (χ4n) is 5.80. The van der Waals surface area contributed by atoms with Crippen molar-refractivity contribution < 1.29 is 0 Å². The van der Waals surface area contributed by atoms with Crippen LogP contribution in [0.5, 0.6) is 0 Å². The van der Waals surface area contributed by atoms with E-state index in [1.165, 1.54) is 59.1 Å². The molecule has 0 saturated carbocycles. The zero-order valence-corrected chi connectivity index (χ0v) is 27.2. The lowest BCUT2D eigenvalue weighted by molar-refractivity contribution is 0.255. The number of hydrogen-bond donors (Lipinski definition) is 0. The van der Waals surface area contributed by atoms with Crippen molar-refractivity contribution in [3.8, 4) is 0 Å². The number of allylic oxidation sites excluding steroid dienone is 22. The summed E-state index contributed by atoms with van der Waals surface area (Å²) >= 11 is 0. The fraction of sp³-hybridized carbons (Fsp3) is 0.450. The first kappa shape index (κ1) is 33.3. The first-order valence-electron chi connectivity index (χ1n) is 15.2. The van der Waals surface area contributed by atoms with Crippen LogP contribution in [0.3, 0.4) is 0 Å². The molecule has 2 aliphatic carbocycles. The van der Waals surface area contributed by atoms with Gasteiger partial charge in [0.25, 0.3) is 0 Å². The minimum absolute atomic E-state index is 0.343. The van der Waals surface area contributed by atoms with Gasteiger partial charge in [0.2, 0.25) is 0 Å². The number of rotatable bonds is 10. The van der Waals surface area contributed by atoms with Gasteiger partial charge in [-0.05, 0) is 78.1 Å². The lowest BCUT2D eigenvalue weighted by Crippen LogP contribution is -2.26. The molecule has 0 heterocycles. The van der Waals surface area contributed by atoms with Gasteiger partial charge in [0.05, 0.1) is 0 Å². The van der Waals surface area contributed by atoms with E-state index in [1.807, 2.05) is 0 Å². The third kappa shape index (κ3) is 11.3. The van der Waals surface area contributed by atoms with Gasteiger partial charge in [-0.15, -0.1) is 0 Å². The van der Waals surface area contributed by atoms with Crippen LogP contribution in [0.25, 0.3) is 0 Å². The molecule has 40 heavy (non-hydrogen) atoms. The predicted molar refractivity (Wildman–Crippen MR) is 181 cm³/mol. The van der Waals surface area contributed by atoms with Crippen molar-refractivity contribution in [3.63, 3.8) is 0 Å². The molecule has 0 bridgehead atoms. The van der Waals surface area contributed by atoms with E-state index < -0.39 is 0 Å². The lowest BCUT2D eigenvalue weighted by Gasteiger charge is -2.36. The van der Waals surface area contributed by atoms with Crippen LogP contribution in [0, 0.1) is 22.7 Å². The highest BCUT2D eigenvalue weighted by Gasteiger charge is 2.31. The first-order chi connectivity index (χ1) is 18.8. The zero-order valence-electron chi connectivity index (χ0n) is 27.2. The molecule has 0 aliphatic heterocycles. The Morgan fingerprint density at radius 2 is 0.875 bits per heavy atom. The van der Waals surface area contributed by atoms with Crippen LogP contribution < -0.4 is 0 Å². The van der Waals surface area contributed by atoms with E-state index >= 15 is 0 Å². The Hall–Kier alpha value is -2.86. The van der Waals surface area contributed by atoms with Crippen LogP contribution in [0.4, 0.5) is 0 Å². The Morgan fingerprint density at radius 3 is 1.23 bits per heavy atom. The molecule has 0 fully saturated rings.